The van der Waals surface area contributed by atoms with E-state index < -0.39 is 0 Å². The molecule has 0 bridgehead atoms. The van der Waals surface area contributed by atoms with E-state index in [1.165, 1.54) is 16.1 Å². The Labute approximate surface area is 157 Å². The first-order chi connectivity index (χ1) is 13.1. The molecule has 5 N–H and O–H groups in total. The molecule has 0 unspecified atom stereocenters. The molecule has 0 amide bonds. The van der Waals surface area contributed by atoms with Gasteiger partial charge in [-0.3, -0.25) is 5.21 Å². The first-order valence-electron chi connectivity index (χ1n) is 9.14. The topological polar surface area (TPSA) is 90.4 Å². The van der Waals surface area contributed by atoms with Gasteiger partial charge in [0.2, 0.25) is 0 Å². The lowest BCUT2D eigenvalue weighted by atomic mass is 10.1. The van der Waals surface area contributed by atoms with Crippen LogP contribution < -0.4 is 10.9 Å². The van der Waals surface area contributed by atoms with Crippen LogP contribution in [0, 0.1) is 6.92 Å². The highest BCUT2D eigenvalue weighted by atomic mass is 16.5. The van der Waals surface area contributed by atoms with Crippen molar-refractivity contribution in [3.05, 3.63) is 65.5 Å². The number of phenols is 1. The van der Waals surface area contributed by atoms with E-state index >= 15 is 0 Å². The molecule has 0 aliphatic carbocycles. The molecule has 6 nitrogen and oxygen atoms in total. The standard InChI is InChI=1S/C21H24N4O2/c1-14-17(18-4-2-3-5-20(18)23-14)9-11-25(27)24-13-15(8-10-22)19-12-16(26)6-7-21(19)24/h2-7,12-13,23,26-27H,8-11,22H2,1H3. The molecule has 6 heteroatoms. The minimum absolute atomic E-state index is 0.206. The van der Waals surface area contributed by atoms with Crippen LogP contribution >= 0.6 is 0 Å². The smallest absolute Gasteiger partial charge is 0.116 e. The van der Waals surface area contributed by atoms with Crippen LogP contribution in [-0.2, 0) is 12.8 Å². The number of aromatic amines is 1. The second-order valence-electron chi connectivity index (χ2n) is 6.86. The number of fused-ring (bicyclic) bond motifs is 2. The number of hydrogen-bond acceptors (Lipinski definition) is 4. The Kier molecular flexibility index (Phi) is 4.51. The molecule has 140 valence electrons. The van der Waals surface area contributed by atoms with Gasteiger partial charge in [0.05, 0.1) is 12.1 Å². The number of aryl methyl sites for hydroxylation is 1. The van der Waals surface area contributed by atoms with Gasteiger partial charge in [-0.15, -0.1) is 0 Å². The summed E-state index contributed by atoms with van der Waals surface area (Å²) >= 11 is 0. The van der Waals surface area contributed by atoms with E-state index in [4.69, 9.17) is 5.73 Å². The van der Waals surface area contributed by atoms with Crippen molar-refractivity contribution in [2.45, 2.75) is 19.8 Å². The van der Waals surface area contributed by atoms with E-state index in [0.717, 1.165) is 27.7 Å². The number of nitrogens with one attached hydrogen (secondary N) is 1. The third-order valence-electron chi connectivity index (χ3n) is 5.10. The maximum atomic E-state index is 10.7. The molecule has 2 aromatic carbocycles. The summed E-state index contributed by atoms with van der Waals surface area (Å²) in [7, 11) is 0. The van der Waals surface area contributed by atoms with Gasteiger partial charge in [-0.05, 0) is 61.7 Å². The maximum Gasteiger partial charge on any atom is 0.116 e. The van der Waals surface area contributed by atoms with Crippen LogP contribution in [0.5, 0.6) is 5.75 Å². The van der Waals surface area contributed by atoms with E-state index in [2.05, 4.69) is 24.0 Å². The number of rotatable bonds is 6. The second-order valence-corrected chi connectivity index (χ2v) is 6.86. The predicted octanol–water partition coefficient (Wildman–Crippen LogP) is 3.21. The molecule has 2 aromatic heterocycles. The van der Waals surface area contributed by atoms with Crippen LogP contribution in [0.1, 0.15) is 16.8 Å². The van der Waals surface area contributed by atoms with Gasteiger partial charge in [0.25, 0.3) is 0 Å². The third-order valence-corrected chi connectivity index (χ3v) is 5.10. The SMILES string of the molecule is Cc1[nH]c2ccccc2c1CCN(O)n1cc(CCN)c2cc(O)ccc21. The fourth-order valence-electron chi connectivity index (χ4n) is 3.79. The van der Waals surface area contributed by atoms with Crippen LogP contribution in [-0.4, -0.2) is 33.1 Å². The average molecular weight is 364 g/mol. The molecule has 4 aromatic rings. The number of H-pyrrole nitrogens is 1. The van der Waals surface area contributed by atoms with Gasteiger partial charge < -0.3 is 15.8 Å². The largest absolute Gasteiger partial charge is 0.508 e. The van der Waals surface area contributed by atoms with Crippen LogP contribution in [0.3, 0.4) is 0 Å². The number of phenolic OH excluding ortho intramolecular Hbond substituents is 1. The highest BCUT2D eigenvalue weighted by Gasteiger charge is 2.14. The van der Waals surface area contributed by atoms with Gasteiger partial charge in [-0.1, -0.05) is 18.2 Å². The van der Waals surface area contributed by atoms with Crippen molar-refractivity contribution in [3.8, 4) is 5.75 Å². The zero-order valence-corrected chi connectivity index (χ0v) is 15.3. The highest BCUT2D eigenvalue weighted by molar-refractivity contribution is 5.86. The first-order valence-corrected chi connectivity index (χ1v) is 9.14. The van der Waals surface area contributed by atoms with Crippen LogP contribution in [0.25, 0.3) is 21.8 Å². The zero-order valence-electron chi connectivity index (χ0n) is 15.3. The Morgan fingerprint density at radius 1 is 1.11 bits per heavy atom. The lowest BCUT2D eigenvalue weighted by Gasteiger charge is -2.19. The minimum atomic E-state index is 0.206. The van der Waals surface area contributed by atoms with Crippen molar-refractivity contribution in [2.24, 2.45) is 5.73 Å². The Morgan fingerprint density at radius 2 is 1.93 bits per heavy atom. The summed E-state index contributed by atoms with van der Waals surface area (Å²) in [4.78, 5) is 3.40. The number of nitrogens with zero attached hydrogens (tertiary/aromatic N) is 2. The number of aromatic hydroxyl groups is 1. The zero-order chi connectivity index (χ0) is 19.0. The number of hydroxylamine groups is 1. The highest BCUT2D eigenvalue weighted by Crippen LogP contribution is 2.26. The summed E-state index contributed by atoms with van der Waals surface area (Å²) in [5.41, 5.74) is 11.0. The van der Waals surface area contributed by atoms with E-state index in [-0.39, 0.29) is 5.75 Å². The fourth-order valence-corrected chi connectivity index (χ4v) is 3.79. The average Bonchev–Trinajstić information content (AvgIpc) is 3.17. The summed E-state index contributed by atoms with van der Waals surface area (Å²) in [5, 5.41) is 23.9. The molecular weight excluding hydrogens is 340 g/mol. The van der Waals surface area contributed by atoms with Crippen LogP contribution in [0.15, 0.2) is 48.7 Å². The molecule has 0 saturated heterocycles. The number of benzene rings is 2. The number of nitrogens with two attached hydrogens (primary N) is 1. The number of aromatic nitrogens is 2. The Bertz CT molecular complexity index is 1100. The summed E-state index contributed by atoms with van der Waals surface area (Å²) in [6, 6.07) is 13.4. The summed E-state index contributed by atoms with van der Waals surface area (Å²) in [5.74, 6) is 0.206. The molecule has 2 heterocycles. The Balaban J connectivity index is 1.63. The number of para-hydroxylation sites is 1. The third kappa shape index (κ3) is 3.13. The second kappa shape index (κ2) is 6.98. The summed E-state index contributed by atoms with van der Waals surface area (Å²) < 4.78 is 1.73. The fraction of sp³-hybridized carbons (Fsp3) is 0.238. The monoisotopic (exact) mass is 364 g/mol. The normalized spacial score (nSPS) is 11.5. The molecule has 4 rings (SSSR count). The Morgan fingerprint density at radius 3 is 2.74 bits per heavy atom. The van der Waals surface area contributed by atoms with Crippen molar-refractivity contribution >= 4 is 21.8 Å². The van der Waals surface area contributed by atoms with Crippen molar-refractivity contribution in [1.29, 1.82) is 0 Å². The molecule has 0 spiro atoms. The minimum Gasteiger partial charge on any atom is -0.508 e. The molecule has 0 fully saturated rings. The summed E-state index contributed by atoms with van der Waals surface area (Å²) in [6.07, 6.45) is 3.28. The van der Waals surface area contributed by atoms with Gasteiger partial charge in [0, 0.05) is 28.2 Å². The van der Waals surface area contributed by atoms with Crippen molar-refractivity contribution in [1.82, 2.24) is 9.66 Å². The predicted molar refractivity (Wildman–Crippen MR) is 108 cm³/mol. The van der Waals surface area contributed by atoms with Crippen LogP contribution in [0.4, 0.5) is 0 Å². The molecular formula is C21H24N4O2. The lowest BCUT2D eigenvalue weighted by molar-refractivity contribution is 0.177. The van der Waals surface area contributed by atoms with Gasteiger partial charge in [-0.2, -0.15) is 5.17 Å². The van der Waals surface area contributed by atoms with E-state index in [1.807, 2.05) is 24.4 Å². The summed E-state index contributed by atoms with van der Waals surface area (Å²) in [6.45, 7) is 3.01. The van der Waals surface area contributed by atoms with Crippen molar-refractivity contribution in [3.63, 3.8) is 0 Å². The molecule has 0 radical (unpaired) electrons. The van der Waals surface area contributed by atoms with Gasteiger partial charge in [-0.25, -0.2) is 4.68 Å². The maximum absolute atomic E-state index is 10.7. The van der Waals surface area contributed by atoms with Crippen molar-refractivity contribution < 1.29 is 10.3 Å². The first kappa shape index (κ1) is 17.5. The van der Waals surface area contributed by atoms with Crippen LogP contribution in [0.2, 0.25) is 0 Å². The Hall–Kier alpha value is -2.96. The number of hydrogen-bond donors (Lipinski definition) is 4. The molecule has 0 aliphatic heterocycles. The van der Waals surface area contributed by atoms with E-state index in [0.29, 0.717) is 25.9 Å². The van der Waals surface area contributed by atoms with Crippen molar-refractivity contribution in [2.75, 3.05) is 18.3 Å². The molecule has 27 heavy (non-hydrogen) atoms. The van der Waals surface area contributed by atoms with E-state index in [1.54, 1.807) is 16.8 Å². The molecule has 0 aliphatic rings. The van der Waals surface area contributed by atoms with Gasteiger partial charge in [0.1, 0.15) is 5.75 Å². The van der Waals surface area contributed by atoms with Gasteiger partial charge >= 0.3 is 0 Å². The lowest BCUT2D eigenvalue weighted by Crippen LogP contribution is -2.32. The van der Waals surface area contributed by atoms with Gasteiger partial charge in [0.15, 0.2) is 0 Å². The molecule has 0 saturated carbocycles. The quantitative estimate of drug-likeness (QED) is 0.396. The van der Waals surface area contributed by atoms with E-state index in [9.17, 15) is 10.3 Å². The molecule has 0 atom stereocenters.